The second-order valence-corrected chi connectivity index (χ2v) is 6.52. The van der Waals surface area contributed by atoms with Crippen LogP contribution in [0.5, 0.6) is 0 Å². The van der Waals surface area contributed by atoms with E-state index in [4.69, 9.17) is 4.52 Å². The Morgan fingerprint density at radius 1 is 0.867 bits per heavy atom. The predicted octanol–water partition coefficient (Wildman–Crippen LogP) is 5.59. The number of hydrogen-bond donors (Lipinski definition) is 0. The van der Waals surface area contributed by atoms with Gasteiger partial charge in [0.25, 0.3) is 5.89 Å². The van der Waals surface area contributed by atoms with Gasteiger partial charge in [0, 0.05) is 5.56 Å². The Bertz CT molecular complexity index is 1170. The third kappa shape index (κ3) is 3.87. The van der Waals surface area contributed by atoms with E-state index < -0.39 is 11.6 Å². The van der Waals surface area contributed by atoms with Gasteiger partial charge in [-0.15, -0.1) is 0 Å². The number of rotatable bonds is 5. The third-order valence-corrected chi connectivity index (χ3v) is 4.60. The van der Waals surface area contributed by atoms with Gasteiger partial charge < -0.3 is 4.52 Å². The topological polar surface area (TPSA) is 62.7 Å². The number of hydrogen-bond acceptors (Lipinski definition) is 4. The van der Waals surface area contributed by atoms with Gasteiger partial charge in [-0.3, -0.25) is 0 Å². The molecule has 0 N–H and O–H groups in total. The smallest absolute Gasteiger partial charge is 0.268 e. The molecule has 0 radical (unpaired) electrons. The lowest BCUT2D eigenvalue weighted by Gasteiger charge is -2.14. The largest absolute Gasteiger partial charge is 0.333 e. The Balaban J connectivity index is 1.78. The van der Waals surface area contributed by atoms with Gasteiger partial charge in [-0.25, -0.2) is 8.78 Å². The Morgan fingerprint density at radius 2 is 1.43 bits per heavy atom. The lowest BCUT2D eigenvalue weighted by Crippen LogP contribution is -2.05. The summed E-state index contributed by atoms with van der Waals surface area (Å²) in [6, 6.07) is 24.6. The molecule has 0 aliphatic heterocycles. The summed E-state index contributed by atoms with van der Waals surface area (Å²) in [5, 5.41) is 13.6. The Morgan fingerprint density at radius 3 is 1.97 bits per heavy atom. The number of benzene rings is 3. The summed E-state index contributed by atoms with van der Waals surface area (Å²) in [5.41, 5.74) is 1.42. The summed E-state index contributed by atoms with van der Waals surface area (Å²) < 4.78 is 33.3. The highest BCUT2D eigenvalue weighted by Gasteiger charge is 2.23. The number of nitriles is 1. The molecule has 1 aromatic heterocycles. The first kappa shape index (κ1) is 19.2. The quantitative estimate of drug-likeness (QED) is 0.410. The first-order valence-electron chi connectivity index (χ1n) is 9.17. The summed E-state index contributed by atoms with van der Waals surface area (Å²) in [6.07, 6.45) is 1.07. The molecule has 0 unspecified atom stereocenters. The summed E-state index contributed by atoms with van der Waals surface area (Å²) in [4.78, 5) is 4.38. The van der Waals surface area contributed by atoms with Crippen molar-refractivity contribution in [2.75, 3.05) is 0 Å². The zero-order chi connectivity index (χ0) is 20.9. The predicted molar refractivity (Wildman–Crippen MR) is 108 cm³/mol. The molecule has 1 heterocycles. The van der Waals surface area contributed by atoms with Crippen LogP contribution in [-0.4, -0.2) is 10.1 Å². The Labute approximate surface area is 171 Å². The first-order valence-corrected chi connectivity index (χ1v) is 9.17. The van der Waals surface area contributed by atoms with Gasteiger partial charge in [-0.05, 0) is 29.3 Å². The highest BCUT2D eigenvalue weighted by molar-refractivity contribution is 5.86. The number of aromatic nitrogens is 2. The molecule has 6 heteroatoms. The molecule has 4 aromatic rings. The van der Waals surface area contributed by atoms with E-state index in [1.54, 1.807) is 0 Å². The normalized spacial score (nSPS) is 11.5. The van der Waals surface area contributed by atoms with Crippen molar-refractivity contribution in [2.45, 2.75) is 5.92 Å². The SMILES string of the molecule is N#C/C(=C\c1c(F)cccc1F)c1nc(C(c2ccccc2)c2ccccc2)no1. The van der Waals surface area contributed by atoms with Crippen molar-refractivity contribution in [3.05, 3.63) is 119 Å². The van der Waals surface area contributed by atoms with E-state index in [1.807, 2.05) is 66.7 Å². The molecule has 4 rings (SSSR count). The van der Waals surface area contributed by atoms with E-state index in [9.17, 15) is 14.0 Å². The van der Waals surface area contributed by atoms with E-state index >= 15 is 0 Å². The van der Waals surface area contributed by atoms with E-state index in [0.29, 0.717) is 5.82 Å². The molecule has 0 amide bonds. The van der Waals surface area contributed by atoms with Crippen LogP contribution in [0.15, 0.2) is 83.4 Å². The van der Waals surface area contributed by atoms with Crippen LogP contribution in [0.3, 0.4) is 0 Å². The molecule has 0 fully saturated rings. The van der Waals surface area contributed by atoms with Crippen molar-refractivity contribution in [2.24, 2.45) is 0 Å². The molecule has 0 spiro atoms. The lowest BCUT2D eigenvalue weighted by atomic mass is 9.91. The minimum atomic E-state index is -0.783. The van der Waals surface area contributed by atoms with Gasteiger partial charge in [0.05, 0.1) is 5.92 Å². The van der Waals surface area contributed by atoms with E-state index in [1.165, 1.54) is 6.07 Å². The maximum Gasteiger partial charge on any atom is 0.268 e. The van der Waals surface area contributed by atoms with Crippen LogP contribution in [0.2, 0.25) is 0 Å². The summed E-state index contributed by atoms with van der Waals surface area (Å²) in [5.74, 6) is -1.65. The van der Waals surface area contributed by atoms with E-state index in [-0.39, 0.29) is 22.9 Å². The van der Waals surface area contributed by atoms with Gasteiger partial charge in [0.15, 0.2) is 5.82 Å². The molecular formula is C24H15F2N3O. The lowest BCUT2D eigenvalue weighted by molar-refractivity contribution is 0.400. The molecule has 146 valence electrons. The second-order valence-electron chi connectivity index (χ2n) is 6.52. The van der Waals surface area contributed by atoms with Crippen LogP contribution < -0.4 is 0 Å². The molecule has 0 aliphatic carbocycles. The third-order valence-electron chi connectivity index (χ3n) is 4.60. The van der Waals surface area contributed by atoms with Gasteiger partial charge >= 0.3 is 0 Å². The first-order chi connectivity index (χ1) is 14.7. The van der Waals surface area contributed by atoms with E-state index in [0.717, 1.165) is 29.3 Å². The molecule has 3 aromatic carbocycles. The number of allylic oxidation sites excluding steroid dienone is 1. The van der Waals surface area contributed by atoms with Crippen molar-refractivity contribution in [1.82, 2.24) is 10.1 Å². The maximum absolute atomic E-state index is 14.0. The monoisotopic (exact) mass is 399 g/mol. The van der Waals surface area contributed by atoms with Crippen LogP contribution in [0.25, 0.3) is 11.6 Å². The zero-order valence-corrected chi connectivity index (χ0v) is 15.7. The second kappa shape index (κ2) is 8.50. The number of halogens is 2. The minimum absolute atomic E-state index is 0.105. The van der Waals surface area contributed by atoms with E-state index in [2.05, 4.69) is 10.1 Å². The Hall–Kier alpha value is -4.11. The molecular weight excluding hydrogens is 384 g/mol. The Kier molecular flexibility index (Phi) is 5.44. The fourth-order valence-electron chi connectivity index (χ4n) is 3.18. The molecule has 0 atom stereocenters. The summed E-state index contributed by atoms with van der Waals surface area (Å²) in [6.45, 7) is 0. The van der Waals surface area contributed by atoms with Crippen molar-refractivity contribution >= 4 is 11.6 Å². The molecule has 0 saturated carbocycles. The highest BCUT2D eigenvalue weighted by Crippen LogP contribution is 2.31. The van der Waals surface area contributed by atoms with Crippen molar-refractivity contribution in [3.63, 3.8) is 0 Å². The summed E-state index contributed by atoms with van der Waals surface area (Å²) in [7, 11) is 0. The summed E-state index contributed by atoms with van der Waals surface area (Å²) >= 11 is 0. The fraction of sp³-hybridized carbons (Fsp3) is 0.0417. The average Bonchev–Trinajstić information content (AvgIpc) is 3.25. The van der Waals surface area contributed by atoms with Crippen LogP contribution in [0.4, 0.5) is 8.78 Å². The van der Waals surface area contributed by atoms with Crippen molar-refractivity contribution < 1.29 is 13.3 Å². The molecule has 0 saturated heterocycles. The van der Waals surface area contributed by atoms with Gasteiger partial charge in [-0.1, -0.05) is 71.9 Å². The molecule has 4 nitrogen and oxygen atoms in total. The van der Waals surface area contributed by atoms with Gasteiger partial charge in [-0.2, -0.15) is 10.2 Å². The maximum atomic E-state index is 14.0. The molecule has 0 bridgehead atoms. The van der Waals surface area contributed by atoms with Crippen LogP contribution in [0.1, 0.15) is 34.3 Å². The van der Waals surface area contributed by atoms with Crippen LogP contribution >= 0.6 is 0 Å². The number of nitrogens with zero attached hydrogens (tertiary/aromatic N) is 3. The van der Waals surface area contributed by atoms with Crippen LogP contribution in [-0.2, 0) is 0 Å². The average molecular weight is 399 g/mol. The fourth-order valence-corrected chi connectivity index (χ4v) is 3.18. The van der Waals surface area contributed by atoms with Gasteiger partial charge in [0.1, 0.15) is 23.3 Å². The highest BCUT2D eigenvalue weighted by atomic mass is 19.1. The zero-order valence-electron chi connectivity index (χ0n) is 15.7. The van der Waals surface area contributed by atoms with Gasteiger partial charge in [0.2, 0.25) is 0 Å². The van der Waals surface area contributed by atoms with Crippen molar-refractivity contribution in [1.29, 1.82) is 5.26 Å². The standard InChI is InChI=1S/C24H15F2N3O/c25-20-12-7-13-21(26)19(20)14-18(15-27)24-28-23(29-30-24)22(16-8-3-1-4-9-16)17-10-5-2-6-11-17/h1-14,22H/b18-14+. The molecule has 30 heavy (non-hydrogen) atoms. The van der Waals surface area contributed by atoms with Crippen molar-refractivity contribution in [3.8, 4) is 6.07 Å². The van der Waals surface area contributed by atoms with Crippen LogP contribution in [0, 0.1) is 23.0 Å². The minimum Gasteiger partial charge on any atom is -0.333 e. The molecule has 0 aliphatic rings.